The summed E-state index contributed by atoms with van der Waals surface area (Å²) < 4.78 is 52.5. The van der Waals surface area contributed by atoms with Crippen LogP contribution in [0.5, 0.6) is 0 Å². The van der Waals surface area contributed by atoms with E-state index in [9.17, 15) is 17.2 Å². The van der Waals surface area contributed by atoms with Crippen molar-refractivity contribution in [3.8, 4) is 0 Å². The molecule has 0 aromatic heterocycles. The second kappa shape index (κ2) is 5.94. The molecular formula is C12H18F2N2O2S. The maximum atomic E-state index is 13.4. The summed E-state index contributed by atoms with van der Waals surface area (Å²) in [6.07, 6.45) is 0.612. The van der Waals surface area contributed by atoms with Crippen LogP contribution in [-0.4, -0.2) is 21.5 Å². The lowest BCUT2D eigenvalue weighted by Gasteiger charge is -2.24. The first-order chi connectivity index (χ1) is 8.68. The zero-order valence-electron chi connectivity index (χ0n) is 10.9. The summed E-state index contributed by atoms with van der Waals surface area (Å²) >= 11 is 0. The molecule has 0 bridgehead atoms. The second-order valence-corrected chi connectivity index (χ2v) is 6.84. The molecule has 19 heavy (non-hydrogen) atoms. The molecule has 1 aromatic carbocycles. The van der Waals surface area contributed by atoms with Crippen LogP contribution < -0.4 is 10.5 Å². The molecule has 0 heterocycles. The molecule has 0 fully saturated rings. The Hall–Kier alpha value is -1.05. The molecule has 1 aromatic rings. The normalized spacial score (nSPS) is 12.7. The fraction of sp³-hybridized carbons (Fsp3) is 0.500. The highest BCUT2D eigenvalue weighted by atomic mass is 32.2. The van der Waals surface area contributed by atoms with Gasteiger partial charge in [-0.05, 0) is 36.6 Å². The van der Waals surface area contributed by atoms with Gasteiger partial charge in [-0.3, -0.25) is 0 Å². The number of halogens is 2. The van der Waals surface area contributed by atoms with Crippen molar-refractivity contribution in [3.63, 3.8) is 0 Å². The lowest BCUT2D eigenvalue weighted by molar-refractivity contribution is 0.340. The van der Waals surface area contributed by atoms with Gasteiger partial charge in [-0.2, -0.15) is 0 Å². The molecule has 3 N–H and O–H groups in total. The Balaban J connectivity index is 2.90. The third-order valence-electron chi connectivity index (χ3n) is 2.74. The molecule has 108 valence electrons. The van der Waals surface area contributed by atoms with Gasteiger partial charge in [-0.15, -0.1) is 0 Å². The molecule has 0 aliphatic carbocycles. The van der Waals surface area contributed by atoms with Crippen LogP contribution in [0.2, 0.25) is 0 Å². The Kier molecular flexibility index (Phi) is 5.00. The summed E-state index contributed by atoms with van der Waals surface area (Å²) in [4.78, 5) is -0.684. The van der Waals surface area contributed by atoms with Crippen molar-refractivity contribution >= 4 is 10.0 Å². The van der Waals surface area contributed by atoms with E-state index >= 15 is 0 Å². The third-order valence-corrected chi connectivity index (χ3v) is 4.16. The standard InChI is InChI=1S/C12H18F2N2O2S/c1-12(2,5-6-15)8-16-19(17,18)11-7-9(13)3-4-10(11)14/h3-4,7,16H,5-6,8,15H2,1-2H3. The van der Waals surface area contributed by atoms with Crippen molar-refractivity contribution in [3.05, 3.63) is 29.8 Å². The minimum absolute atomic E-state index is 0.0997. The van der Waals surface area contributed by atoms with Gasteiger partial charge >= 0.3 is 0 Å². The molecule has 0 saturated heterocycles. The Bertz CT molecular complexity index is 545. The summed E-state index contributed by atoms with van der Waals surface area (Å²) in [6.45, 7) is 4.19. The van der Waals surface area contributed by atoms with Gasteiger partial charge in [0.15, 0.2) is 0 Å². The summed E-state index contributed by atoms with van der Waals surface area (Å²) in [5.41, 5.74) is 5.07. The van der Waals surface area contributed by atoms with Crippen molar-refractivity contribution < 1.29 is 17.2 Å². The molecule has 0 spiro atoms. The van der Waals surface area contributed by atoms with E-state index in [1.807, 2.05) is 13.8 Å². The van der Waals surface area contributed by atoms with Gasteiger partial charge in [-0.25, -0.2) is 21.9 Å². The van der Waals surface area contributed by atoms with Gasteiger partial charge in [0.25, 0.3) is 0 Å². The van der Waals surface area contributed by atoms with Crippen LogP contribution in [0.3, 0.4) is 0 Å². The lowest BCUT2D eigenvalue weighted by Crippen LogP contribution is -2.35. The predicted octanol–water partition coefficient (Wildman–Crippen LogP) is 1.62. The molecule has 4 nitrogen and oxygen atoms in total. The Morgan fingerprint density at radius 1 is 1.32 bits per heavy atom. The summed E-state index contributed by atoms with van der Waals surface area (Å²) in [7, 11) is -4.07. The van der Waals surface area contributed by atoms with Crippen LogP contribution in [0, 0.1) is 17.0 Å². The van der Waals surface area contributed by atoms with Crippen LogP contribution in [0.25, 0.3) is 0 Å². The fourth-order valence-electron chi connectivity index (χ4n) is 1.53. The molecule has 0 saturated carbocycles. The van der Waals surface area contributed by atoms with Crippen LogP contribution in [0.1, 0.15) is 20.3 Å². The van der Waals surface area contributed by atoms with E-state index in [2.05, 4.69) is 4.72 Å². The molecule has 0 atom stereocenters. The first kappa shape index (κ1) is 16.0. The Morgan fingerprint density at radius 2 is 1.95 bits per heavy atom. The highest BCUT2D eigenvalue weighted by molar-refractivity contribution is 7.89. The number of nitrogens with one attached hydrogen (secondary N) is 1. The first-order valence-electron chi connectivity index (χ1n) is 5.83. The summed E-state index contributed by atoms with van der Waals surface area (Å²) in [6, 6.07) is 2.31. The second-order valence-electron chi connectivity index (χ2n) is 5.10. The quantitative estimate of drug-likeness (QED) is 0.837. The largest absolute Gasteiger partial charge is 0.330 e. The van der Waals surface area contributed by atoms with Gasteiger partial charge in [-0.1, -0.05) is 13.8 Å². The zero-order chi connectivity index (χ0) is 14.7. The summed E-state index contributed by atoms with van der Waals surface area (Å²) in [5, 5.41) is 0. The van der Waals surface area contributed by atoms with Crippen LogP contribution in [0.15, 0.2) is 23.1 Å². The highest BCUT2D eigenvalue weighted by Gasteiger charge is 2.24. The van der Waals surface area contributed by atoms with Gasteiger partial charge < -0.3 is 5.73 Å². The Morgan fingerprint density at radius 3 is 2.53 bits per heavy atom. The zero-order valence-corrected chi connectivity index (χ0v) is 11.7. The number of hydrogen-bond acceptors (Lipinski definition) is 3. The molecule has 0 unspecified atom stereocenters. The first-order valence-corrected chi connectivity index (χ1v) is 7.31. The number of sulfonamides is 1. The van der Waals surface area contributed by atoms with Crippen molar-refractivity contribution in [1.29, 1.82) is 0 Å². The summed E-state index contributed by atoms with van der Waals surface area (Å²) in [5.74, 6) is -1.78. The van der Waals surface area contributed by atoms with Crippen molar-refractivity contribution in [1.82, 2.24) is 4.72 Å². The average molecular weight is 292 g/mol. The van der Waals surface area contributed by atoms with E-state index in [0.29, 0.717) is 19.0 Å². The molecule has 0 amide bonds. The smallest absolute Gasteiger partial charge is 0.243 e. The van der Waals surface area contributed by atoms with Crippen LogP contribution in [-0.2, 0) is 10.0 Å². The fourth-order valence-corrected chi connectivity index (χ4v) is 2.86. The highest BCUT2D eigenvalue weighted by Crippen LogP contribution is 2.20. The molecule has 7 heteroatoms. The maximum absolute atomic E-state index is 13.4. The van der Waals surface area contributed by atoms with Gasteiger partial charge in [0, 0.05) is 6.54 Å². The third kappa shape index (κ3) is 4.52. The van der Waals surface area contributed by atoms with Crippen LogP contribution in [0.4, 0.5) is 8.78 Å². The van der Waals surface area contributed by atoms with Gasteiger partial charge in [0.1, 0.15) is 16.5 Å². The molecule has 1 rings (SSSR count). The minimum Gasteiger partial charge on any atom is -0.330 e. The average Bonchev–Trinajstić information content (AvgIpc) is 2.30. The van der Waals surface area contributed by atoms with E-state index in [-0.39, 0.29) is 12.0 Å². The topological polar surface area (TPSA) is 72.2 Å². The van der Waals surface area contributed by atoms with Crippen molar-refractivity contribution in [2.24, 2.45) is 11.1 Å². The van der Waals surface area contributed by atoms with Gasteiger partial charge in [0.2, 0.25) is 10.0 Å². The molecule has 0 radical (unpaired) electrons. The van der Waals surface area contributed by atoms with Crippen LogP contribution >= 0.6 is 0 Å². The molecule has 0 aliphatic heterocycles. The SMILES string of the molecule is CC(C)(CCN)CNS(=O)(=O)c1cc(F)ccc1F. The Labute approximate surface area is 112 Å². The van der Waals surface area contributed by atoms with Crippen molar-refractivity contribution in [2.45, 2.75) is 25.2 Å². The monoisotopic (exact) mass is 292 g/mol. The van der Waals surface area contributed by atoms with E-state index in [4.69, 9.17) is 5.73 Å². The lowest BCUT2D eigenvalue weighted by atomic mass is 9.90. The number of hydrogen-bond donors (Lipinski definition) is 2. The van der Waals surface area contributed by atoms with E-state index in [1.165, 1.54) is 0 Å². The maximum Gasteiger partial charge on any atom is 0.243 e. The van der Waals surface area contributed by atoms with E-state index in [1.54, 1.807) is 0 Å². The van der Waals surface area contributed by atoms with Crippen molar-refractivity contribution in [2.75, 3.05) is 13.1 Å². The number of benzene rings is 1. The minimum atomic E-state index is -4.07. The molecule has 0 aliphatic rings. The van der Waals surface area contributed by atoms with E-state index < -0.39 is 26.6 Å². The predicted molar refractivity (Wildman–Crippen MR) is 69.0 cm³/mol. The molecular weight excluding hydrogens is 274 g/mol. The number of rotatable bonds is 6. The number of nitrogens with two attached hydrogens (primary N) is 1. The van der Waals surface area contributed by atoms with E-state index in [0.717, 1.165) is 12.1 Å². The van der Waals surface area contributed by atoms with Gasteiger partial charge in [0.05, 0.1) is 0 Å².